The molecule has 7 heteroatoms. The van der Waals surface area contributed by atoms with Gasteiger partial charge < -0.3 is 19.3 Å². The van der Waals surface area contributed by atoms with E-state index in [4.69, 9.17) is 20.7 Å². The number of hydrogen-bond acceptors (Lipinski definition) is 7. The van der Waals surface area contributed by atoms with E-state index in [9.17, 15) is 14.4 Å². The summed E-state index contributed by atoms with van der Waals surface area (Å²) in [6, 6.07) is 0. The summed E-state index contributed by atoms with van der Waals surface area (Å²) < 4.78 is 22.7. The van der Waals surface area contributed by atoms with Crippen molar-refractivity contribution in [3.63, 3.8) is 0 Å². The van der Waals surface area contributed by atoms with E-state index in [0.717, 1.165) is 0 Å². The SMILES string of the molecule is [2H]C(C)(C)C(=O)CC(=O)CC(=O)OCC(OC)OC(CC)CO. The quantitative estimate of drug-likeness (QED) is 0.323. The highest BCUT2D eigenvalue weighted by Crippen LogP contribution is 2.06. The van der Waals surface area contributed by atoms with E-state index < -0.39 is 48.7 Å². The van der Waals surface area contributed by atoms with Gasteiger partial charge in [-0.2, -0.15) is 0 Å². The maximum absolute atomic E-state index is 11.6. The largest absolute Gasteiger partial charge is 0.460 e. The number of methoxy groups -OCH3 is 1. The van der Waals surface area contributed by atoms with Gasteiger partial charge in [-0.1, -0.05) is 20.8 Å². The van der Waals surface area contributed by atoms with Gasteiger partial charge in [0, 0.05) is 14.4 Å². The fourth-order valence-corrected chi connectivity index (χ4v) is 1.44. The number of carbonyl (C=O) groups excluding carboxylic acids is 3. The van der Waals surface area contributed by atoms with Crippen LogP contribution in [0.25, 0.3) is 0 Å². The minimum Gasteiger partial charge on any atom is -0.460 e. The Labute approximate surface area is 132 Å². The number of Topliss-reactive ketones (excluding diaryl/α,β-unsaturated/α-hetero) is 2. The third-order valence-electron chi connectivity index (χ3n) is 2.90. The summed E-state index contributed by atoms with van der Waals surface area (Å²) in [7, 11) is 1.36. The fourth-order valence-electron chi connectivity index (χ4n) is 1.44. The Balaban J connectivity index is 4.23. The summed E-state index contributed by atoms with van der Waals surface area (Å²) >= 11 is 0. The van der Waals surface area contributed by atoms with Crippen LogP contribution in [0.1, 0.15) is 41.4 Å². The molecule has 0 heterocycles. The van der Waals surface area contributed by atoms with Crippen LogP contribution in [0, 0.1) is 5.89 Å². The molecule has 0 aliphatic heterocycles. The van der Waals surface area contributed by atoms with E-state index in [2.05, 4.69) is 0 Å². The summed E-state index contributed by atoms with van der Waals surface area (Å²) in [5.41, 5.74) is 0. The highest BCUT2D eigenvalue weighted by molar-refractivity contribution is 6.06. The minimum atomic E-state index is -1.37. The number of carbonyl (C=O) groups is 3. The second kappa shape index (κ2) is 11.3. The molecule has 0 aliphatic rings. The molecule has 0 fully saturated rings. The zero-order valence-corrected chi connectivity index (χ0v) is 13.6. The molecule has 0 radical (unpaired) electrons. The molecule has 0 rings (SSSR count). The lowest BCUT2D eigenvalue weighted by Crippen LogP contribution is -2.31. The van der Waals surface area contributed by atoms with Crippen LogP contribution in [0.2, 0.25) is 0 Å². The van der Waals surface area contributed by atoms with Gasteiger partial charge in [0.1, 0.15) is 18.8 Å². The predicted octanol–water partition coefficient (Wildman–Crippen LogP) is 0.864. The van der Waals surface area contributed by atoms with Crippen LogP contribution in [0.4, 0.5) is 0 Å². The first kappa shape index (κ1) is 18.7. The number of hydrogen-bond donors (Lipinski definition) is 1. The Morgan fingerprint density at radius 1 is 1.23 bits per heavy atom. The standard InChI is InChI=1S/C15H26O7/c1-5-12(8-16)22-15(20-4)9-21-14(19)7-11(17)6-13(18)10(2)3/h10,12,15-16H,5-9H2,1-4H3/i10D. The van der Waals surface area contributed by atoms with Gasteiger partial charge in [-0.3, -0.25) is 14.4 Å². The Kier molecular flexibility index (Phi) is 9.61. The van der Waals surface area contributed by atoms with E-state index in [-0.39, 0.29) is 13.2 Å². The predicted molar refractivity (Wildman–Crippen MR) is 78.1 cm³/mol. The first-order valence-corrected chi connectivity index (χ1v) is 7.13. The molecule has 2 atom stereocenters. The average Bonchev–Trinajstić information content (AvgIpc) is 2.46. The van der Waals surface area contributed by atoms with E-state index in [0.29, 0.717) is 6.42 Å². The van der Waals surface area contributed by atoms with Crippen LogP contribution in [-0.4, -0.2) is 55.4 Å². The maximum atomic E-state index is 11.6. The fraction of sp³-hybridized carbons (Fsp3) is 0.800. The van der Waals surface area contributed by atoms with Crippen molar-refractivity contribution < 1.29 is 35.1 Å². The lowest BCUT2D eigenvalue weighted by atomic mass is 10.0. The molecule has 0 spiro atoms. The van der Waals surface area contributed by atoms with Gasteiger partial charge in [0.15, 0.2) is 12.1 Å². The smallest absolute Gasteiger partial charge is 0.313 e. The molecule has 7 nitrogen and oxygen atoms in total. The second-order valence-corrected chi connectivity index (χ2v) is 5.01. The minimum absolute atomic E-state index is 0.187. The van der Waals surface area contributed by atoms with Gasteiger partial charge in [-0.15, -0.1) is 0 Å². The van der Waals surface area contributed by atoms with Crippen molar-refractivity contribution in [1.29, 1.82) is 0 Å². The molecule has 0 bridgehead atoms. The van der Waals surface area contributed by atoms with E-state index in [1.807, 2.05) is 6.92 Å². The van der Waals surface area contributed by atoms with Crippen molar-refractivity contribution in [1.82, 2.24) is 0 Å². The molecule has 0 aliphatic carbocycles. The van der Waals surface area contributed by atoms with Crippen molar-refractivity contribution in [2.45, 2.75) is 52.4 Å². The first-order chi connectivity index (χ1) is 10.6. The number of ether oxygens (including phenoxy) is 3. The number of ketones is 2. The van der Waals surface area contributed by atoms with Crippen LogP contribution in [0.5, 0.6) is 0 Å². The second-order valence-electron chi connectivity index (χ2n) is 5.01. The van der Waals surface area contributed by atoms with Crippen molar-refractivity contribution in [3.8, 4) is 0 Å². The number of aliphatic hydroxyl groups excluding tert-OH is 1. The maximum Gasteiger partial charge on any atom is 0.313 e. The lowest BCUT2D eigenvalue weighted by molar-refractivity contribution is -0.194. The third-order valence-corrected chi connectivity index (χ3v) is 2.90. The molecular weight excluding hydrogens is 292 g/mol. The molecule has 0 aromatic carbocycles. The Hall–Kier alpha value is -1.31. The molecule has 1 N–H and O–H groups in total. The van der Waals surface area contributed by atoms with Gasteiger partial charge in [0.25, 0.3) is 0 Å². The molecular formula is C15H26O7. The van der Waals surface area contributed by atoms with Gasteiger partial charge in [-0.25, -0.2) is 0 Å². The average molecular weight is 319 g/mol. The molecule has 0 saturated heterocycles. The highest BCUT2D eigenvalue weighted by Gasteiger charge is 2.19. The summed E-state index contributed by atoms with van der Waals surface area (Å²) in [6.45, 7) is 4.17. The van der Waals surface area contributed by atoms with Crippen LogP contribution < -0.4 is 0 Å². The van der Waals surface area contributed by atoms with Crippen molar-refractivity contribution >= 4 is 17.5 Å². The highest BCUT2D eigenvalue weighted by atomic mass is 16.7. The summed E-state index contributed by atoms with van der Waals surface area (Å²) in [6.07, 6.45) is -1.74. The van der Waals surface area contributed by atoms with Gasteiger partial charge >= 0.3 is 5.97 Å². The summed E-state index contributed by atoms with van der Waals surface area (Å²) in [4.78, 5) is 34.7. The lowest BCUT2D eigenvalue weighted by Gasteiger charge is -2.21. The third kappa shape index (κ3) is 8.86. The molecule has 2 unspecified atom stereocenters. The molecule has 0 saturated carbocycles. The van der Waals surface area contributed by atoms with Gasteiger partial charge in [0.2, 0.25) is 0 Å². The van der Waals surface area contributed by atoms with E-state index in [1.165, 1.54) is 21.0 Å². The summed E-state index contributed by atoms with van der Waals surface area (Å²) in [5.74, 6) is -3.32. The number of rotatable bonds is 12. The molecule has 0 aromatic heterocycles. The van der Waals surface area contributed by atoms with Gasteiger partial charge in [-0.05, 0) is 6.42 Å². The summed E-state index contributed by atoms with van der Waals surface area (Å²) in [5, 5.41) is 9.04. The van der Waals surface area contributed by atoms with Crippen LogP contribution in [0.3, 0.4) is 0 Å². The van der Waals surface area contributed by atoms with Crippen molar-refractivity contribution in [2.75, 3.05) is 20.3 Å². The van der Waals surface area contributed by atoms with Crippen LogP contribution in [-0.2, 0) is 28.6 Å². The molecule has 0 aromatic rings. The number of aliphatic hydroxyl groups is 1. The van der Waals surface area contributed by atoms with E-state index in [1.54, 1.807) is 0 Å². The Bertz CT molecular complexity index is 399. The zero-order valence-electron chi connectivity index (χ0n) is 14.6. The molecule has 128 valence electrons. The van der Waals surface area contributed by atoms with Crippen LogP contribution >= 0.6 is 0 Å². The zero-order chi connectivity index (χ0) is 18.0. The van der Waals surface area contributed by atoms with E-state index >= 15 is 0 Å². The Morgan fingerprint density at radius 3 is 2.32 bits per heavy atom. The first-order valence-electron chi connectivity index (χ1n) is 7.63. The topological polar surface area (TPSA) is 99.1 Å². The normalized spacial score (nSPS) is 14.9. The van der Waals surface area contributed by atoms with Crippen molar-refractivity contribution in [3.05, 3.63) is 0 Å². The Morgan fingerprint density at radius 2 is 1.86 bits per heavy atom. The molecule has 0 amide bonds. The molecule has 22 heavy (non-hydrogen) atoms. The van der Waals surface area contributed by atoms with Crippen LogP contribution in [0.15, 0.2) is 0 Å². The van der Waals surface area contributed by atoms with Gasteiger partial charge in [0.05, 0.1) is 19.1 Å². The number of esters is 1. The van der Waals surface area contributed by atoms with Crippen molar-refractivity contribution in [2.24, 2.45) is 5.89 Å². The monoisotopic (exact) mass is 319 g/mol.